The summed E-state index contributed by atoms with van der Waals surface area (Å²) in [5.74, 6) is 1.24. The van der Waals surface area contributed by atoms with E-state index in [0.717, 1.165) is 37.3 Å². The number of amides is 1. The van der Waals surface area contributed by atoms with Gasteiger partial charge >= 0.3 is 0 Å². The lowest BCUT2D eigenvalue weighted by Crippen LogP contribution is -2.56. The van der Waals surface area contributed by atoms with Crippen molar-refractivity contribution in [3.8, 4) is 5.75 Å². The van der Waals surface area contributed by atoms with Crippen molar-refractivity contribution >= 4 is 17.5 Å². The molecule has 1 atom stereocenters. The highest BCUT2D eigenvalue weighted by atomic mass is 35.5. The molecule has 29 heavy (non-hydrogen) atoms. The molecular formula is C21H29ClN4O3. The highest BCUT2D eigenvalue weighted by Gasteiger charge is 2.39. The Morgan fingerprint density at radius 2 is 2.34 bits per heavy atom. The number of benzene rings is 1. The quantitative estimate of drug-likeness (QED) is 0.616. The van der Waals surface area contributed by atoms with Gasteiger partial charge in [0.1, 0.15) is 23.8 Å². The number of morpholine rings is 1. The van der Waals surface area contributed by atoms with E-state index >= 15 is 0 Å². The summed E-state index contributed by atoms with van der Waals surface area (Å²) >= 11 is 6.03. The van der Waals surface area contributed by atoms with E-state index in [9.17, 15) is 4.79 Å². The molecule has 2 aromatic rings. The molecule has 1 amide bonds. The van der Waals surface area contributed by atoms with Crippen LogP contribution >= 0.6 is 11.6 Å². The molecule has 1 saturated heterocycles. The van der Waals surface area contributed by atoms with Gasteiger partial charge in [-0.2, -0.15) is 0 Å². The van der Waals surface area contributed by atoms with Gasteiger partial charge in [-0.25, -0.2) is 4.98 Å². The fourth-order valence-electron chi connectivity index (χ4n) is 3.59. The standard InChI is InChI=1S/C21H29ClN4O3/c1-2-3-7-20-24-12-17(25-20)13-26-8-9-29-21(14-26,11-19(23)27)15-28-18-6-4-5-16(22)10-18/h4-6,10,12H,2-3,7-9,11,13-15H2,1H3,(H2,23,27)(H,24,25)/t21-/m1/s1. The van der Waals surface area contributed by atoms with Crippen LogP contribution < -0.4 is 10.5 Å². The number of nitrogens with one attached hydrogen (secondary N) is 1. The van der Waals surface area contributed by atoms with Crippen LogP contribution in [0.5, 0.6) is 5.75 Å². The van der Waals surface area contributed by atoms with Gasteiger partial charge in [0.15, 0.2) is 0 Å². The van der Waals surface area contributed by atoms with Crippen molar-refractivity contribution in [2.24, 2.45) is 5.73 Å². The Bertz CT molecular complexity index is 813. The Balaban J connectivity index is 1.65. The third-order valence-electron chi connectivity index (χ3n) is 4.96. The second kappa shape index (κ2) is 10.1. The van der Waals surface area contributed by atoms with Crippen molar-refractivity contribution in [3.63, 3.8) is 0 Å². The molecule has 1 aromatic heterocycles. The Morgan fingerprint density at radius 1 is 1.48 bits per heavy atom. The number of imidazole rings is 1. The number of halogens is 1. The summed E-state index contributed by atoms with van der Waals surface area (Å²) < 4.78 is 11.9. The molecule has 0 aliphatic carbocycles. The van der Waals surface area contributed by atoms with E-state index in [1.807, 2.05) is 18.3 Å². The summed E-state index contributed by atoms with van der Waals surface area (Å²) in [6.45, 7) is 4.91. The molecule has 1 fully saturated rings. The van der Waals surface area contributed by atoms with E-state index < -0.39 is 11.5 Å². The normalized spacial score (nSPS) is 19.9. The fraction of sp³-hybridized carbons (Fsp3) is 0.524. The molecule has 7 nitrogen and oxygen atoms in total. The van der Waals surface area contributed by atoms with Crippen LogP contribution in [0.25, 0.3) is 0 Å². The minimum absolute atomic E-state index is 0.0921. The first-order valence-corrected chi connectivity index (χ1v) is 10.4. The summed E-state index contributed by atoms with van der Waals surface area (Å²) in [7, 11) is 0. The third-order valence-corrected chi connectivity index (χ3v) is 5.20. The molecule has 1 aromatic carbocycles. The zero-order chi connectivity index (χ0) is 20.7. The van der Waals surface area contributed by atoms with Crippen molar-refractivity contribution in [2.45, 2.75) is 44.8 Å². The van der Waals surface area contributed by atoms with Crippen LogP contribution in [0.2, 0.25) is 5.02 Å². The van der Waals surface area contributed by atoms with Crippen LogP contribution in [0.15, 0.2) is 30.5 Å². The number of unbranched alkanes of at least 4 members (excludes halogenated alkanes) is 1. The second-order valence-electron chi connectivity index (χ2n) is 7.59. The topological polar surface area (TPSA) is 93.5 Å². The van der Waals surface area contributed by atoms with Crippen LogP contribution in [0.4, 0.5) is 0 Å². The maximum atomic E-state index is 11.7. The van der Waals surface area contributed by atoms with Crippen LogP contribution in [-0.2, 0) is 22.5 Å². The number of carbonyl (C=O) groups is 1. The van der Waals surface area contributed by atoms with Gasteiger partial charge in [0.05, 0.1) is 13.0 Å². The van der Waals surface area contributed by atoms with E-state index in [2.05, 4.69) is 21.8 Å². The number of carbonyl (C=O) groups excluding carboxylic acids is 1. The number of hydrogen-bond donors (Lipinski definition) is 2. The lowest BCUT2D eigenvalue weighted by molar-refractivity contribution is -0.148. The maximum absolute atomic E-state index is 11.7. The fourth-order valence-corrected chi connectivity index (χ4v) is 3.77. The first kappa shape index (κ1) is 21.6. The second-order valence-corrected chi connectivity index (χ2v) is 8.03. The average molecular weight is 421 g/mol. The summed E-state index contributed by atoms with van der Waals surface area (Å²) in [5, 5.41) is 0.593. The zero-order valence-electron chi connectivity index (χ0n) is 16.8. The van der Waals surface area contributed by atoms with Crippen LogP contribution in [-0.4, -0.2) is 52.7 Å². The predicted octanol–water partition coefficient (Wildman–Crippen LogP) is 2.93. The van der Waals surface area contributed by atoms with Gasteiger partial charge in [-0.15, -0.1) is 0 Å². The number of nitrogens with two attached hydrogens (primary N) is 1. The van der Waals surface area contributed by atoms with Crippen molar-refractivity contribution in [1.82, 2.24) is 14.9 Å². The van der Waals surface area contributed by atoms with Crippen LogP contribution in [0.1, 0.15) is 37.7 Å². The lowest BCUT2D eigenvalue weighted by atomic mass is 9.97. The number of primary amides is 1. The highest BCUT2D eigenvalue weighted by Crippen LogP contribution is 2.26. The molecule has 0 radical (unpaired) electrons. The first-order chi connectivity index (χ1) is 14.0. The number of nitrogens with zero attached hydrogens (tertiary/aromatic N) is 2. The van der Waals surface area contributed by atoms with Crippen LogP contribution in [0, 0.1) is 0 Å². The first-order valence-electron chi connectivity index (χ1n) is 10.0. The van der Waals surface area contributed by atoms with Crippen molar-refractivity contribution in [1.29, 1.82) is 0 Å². The Hall–Kier alpha value is -2.09. The van der Waals surface area contributed by atoms with Crippen molar-refractivity contribution in [2.75, 3.05) is 26.3 Å². The number of aryl methyl sites for hydroxylation is 1. The minimum atomic E-state index is -0.794. The molecule has 0 spiro atoms. The molecule has 1 aliphatic heterocycles. The number of aromatic amines is 1. The van der Waals surface area contributed by atoms with Gasteiger partial charge in [0.25, 0.3) is 0 Å². The molecule has 3 N–H and O–H groups in total. The van der Waals surface area contributed by atoms with Crippen molar-refractivity contribution in [3.05, 3.63) is 47.0 Å². The zero-order valence-corrected chi connectivity index (χ0v) is 17.6. The van der Waals surface area contributed by atoms with E-state index in [1.54, 1.807) is 12.1 Å². The van der Waals surface area contributed by atoms with Crippen molar-refractivity contribution < 1.29 is 14.3 Å². The molecule has 1 aliphatic rings. The summed E-state index contributed by atoms with van der Waals surface area (Å²) in [4.78, 5) is 21.8. The maximum Gasteiger partial charge on any atom is 0.220 e. The molecule has 158 valence electrons. The summed E-state index contributed by atoms with van der Waals surface area (Å²) in [6.07, 6.45) is 5.20. The molecule has 0 saturated carbocycles. The van der Waals surface area contributed by atoms with Crippen LogP contribution in [0.3, 0.4) is 0 Å². The Labute approximate surface area is 176 Å². The van der Waals surface area contributed by atoms with Gasteiger partial charge < -0.3 is 20.2 Å². The van der Waals surface area contributed by atoms with E-state index in [0.29, 0.717) is 30.5 Å². The largest absolute Gasteiger partial charge is 0.490 e. The number of hydrogen-bond acceptors (Lipinski definition) is 5. The number of ether oxygens (including phenoxy) is 2. The molecule has 2 heterocycles. The molecule has 8 heteroatoms. The number of rotatable bonds is 10. The van der Waals surface area contributed by atoms with Gasteiger partial charge in [-0.1, -0.05) is 31.0 Å². The average Bonchev–Trinajstić information content (AvgIpc) is 3.12. The molecular weight excluding hydrogens is 392 g/mol. The highest BCUT2D eigenvalue weighted by molar-refractivity contribution is 6.30. The monoisotopic (exact) mass is 420 g/mol. The minimum Gasteiger partial charge on any atom is -0.490 e. The Morgan fingerprint density at radius 3 is 3.10 bits per heavy atom. The number of H-pyrrole nitrogens is 1. The lowest BCUT2D eigenvalue weighted by Gasteiger charge is -2.41. The SMILES string of the molecule is CCCCc1ncc(CN2CCO[C@](COc3cccc(Cl)c3)(CC(N)=O)C2)[nH]1. The van der Waals surface area contributed by atoms with E-state index in [4.69, 9.17) is 26.8 Å². The van der Waals surface area contributed by atoms with E-state index in [1.165, 1.54) is 0 Å². The predicted molar refractivity (Wildman–Crippen MR) is 112 cm³/mol. The van der Waals surface area contributed by atoms with Gasteiger partial charge in [0, 0.05) is 43.0 Å². The molecule has 0 bridgehead atoms. The smallest absolute Gasteiger partial charge is 0.220 e. The van der Waals surface area contributed by atoms with E-state index in [-0.39, 0.29) is 13.0 Å². The summed E-state index contributed by atoms with van der Waals surface area (Å²) in [6, 6.07) is 7.17. The Kier molecular flexibility index (Phi) is 7.52. The van der Waals surface area contributed by atoms with Gasteiger partial charge in [-0.3, -0.25) is 9.69 Å². The number of aromatic nitrogens is 2. The molecule has 0 unspecified atom stereocenters. The van der Waals surface area contributed by atoms with Gasteiger partial charge in [-0.05, 0) is 24.6 Å². The molecule has 3 rings (SSSR count). The van der Waals surface area contributed by atoms with Gasteiger partial charge in [0.2, 0.25) is 5.91 Å². The summed E-state index contributed by atoms with van der Waals surface area (Å²) in [5.41, 5.74) is 5.78. The third kappa shape index (κ3) is 6.45.